The minimum absolute atomic E-state index is 0.0342. The summed E-state index contributed by atoms with van der Waals surface area (Å²) in [5.74, 6) is 1.37. The van der Waals surface area contributed by atoms with Crippen molar-refractivity contribution in [3.63, 3.8) is 0 Å². The number of ether oxygens (including phenoxy) is 1. The molecule has 0 saturated carbocycles. The number of carbonyl (C=O) groups excluding carboxylic acids is 1. The highest BCUT2D eigenvalue weighted by Gasteiger charge is 2.14. The maximum absolute atomic E-state index is 11.8. The highest BCUT2D eigenvalue weighted by atomic mass is 16.5. The Morgan fingerprint density at radius 1 is 1.25 bits per heavy atom. The summed E-state index contributed by atoms with van der Waals surface area (Å²) in [7, 11) is 1.67. The predicted molar refractivity (Wildman–Crippen MR) is 98.5 cm³/mol. The largest absolute Gasteiger partial charge is 0.489 e. The van der Waals surface area contributed by atoms with Crippen molar-refractivity contribution in [1.29, 1.82) is 0 Å². The van der Waals surface area contributed by atoms with Crippen LogP contribution in [0, 0.1) is 6.92 Å². The normalized spacial score (nSPS) is 13.2. The standard InChI is InChI=1S/C18H30N4O2/c1-13-9-7-8-10-15(13)24-14(2)11-20-17(19-6)21-12-16(23)22-18(3,4)5/h7-10,14H,11-12H2,1-6H3,(H,22,23)(H2,19,20,21). The molecule has 0 spiro atoms. The summed E-state index contributed by atoms with van der Waals surface area (Å²) in [5.41, 5.74) is 0.858. The van der Waals surface area contributed by atoms with Gasteiger partial charge >= 0.3 is 0 Å². The van der Waals surface area contributed by atoms with Gasteiger partial charge in [0.1, 0.15) is 11.9 Å². The van der Waals surface area contributed by atoms with Gasteiger partial charge in [0.25, 0.3) is 0 Å². The number of guanidine groups is 1. The lowest BCUT2D eigenvalue weighted by Gasteiger charge is -2.21. The molecule has 24 heavy (non-hydrogen) atoms. The lowest BCUT2D eigenvalue weighted by atomic mass is 10.1. The molecular formula is C18H30N4O2. The Balaban J connectivity index is 2.38. The van der Waals surface area contributed by atoms with E-state index in [1.54, 1.807) is 7.05 Å². The molecule has 0 aromatic heterocycles. The molecule has 0 fully saturated rings. The molecule has 0 radical (unpaired) electrons. The Labute approximate surface area is 145 Å². The van der Waals surface area contributed by atoms with E-state index in [1.807, 2.05) is 58.9 Å². The smallest absolute Gasteiger partial charge is 0.239 e. The quantitative estimate of drug-likeness (QED) is 0.548. The number of aliphatic imine (C=N–C) groups is 1. The summed E-state index contributed by atoms with van der Waals surface area (Å²) < 4.78 is 5.91. The molecular weight excluding hydrogens is 304 g/mol. The van der Waals surface area contributed by atoms with Crippen molar-refractivity contribution in [3.05, 3.63) is 29.8 Å². The first kappa shape index (κ1) is 19.8. The third kappa shape index (κ3) is 7.85. The van der Waals surface area contributed by atoms with Gasteiger partial charge in [0.05, 0.1) is 13.1 Å². The first-order chi connectivity index (χ1) is 11.2. The molecule has 1 aromatic rings. The predicted octanol–water partition coefficient (Wildman–Crippen LogP) is 1.84. The van der Waals surface area contributed by atoms with Crippen LogP contribution in [0.3, 0.4) is 0 Å². The van der Waals surface area contributed by atoms with E-state index in [9.17, 15) is 4.79 Å². The van der Waals surface area contributed by atoms with Crippen molar-refractivity contribution >= 4 is 11.9 Å². The second-order valence-electron chi connectivity index (χ2n) is 6.80. The van der Waals surface area contributed by atoms with E-state index in [-0.39, 0.29) is 24.1 Å². The van der Waals surface area contributed by atoms with Gasteiger partial charge in [-0.25, -0.2) is 0 Å². The number of rotatable bonds is 6. The van der Waals surface area contributed by atoms with E-state index < -0.39 is 0 Å². The first-order valence-electron chi connectivity index (χ1n) is 8.19. The Bertz CT molecular complexity index is 564. The number of hydrogen-bond acceptors (Lipinski definition) is 3. The van der Waals surface area contributed by atoms with E-state index in [1.165, 1.54) is 0 Å². The molecule has 1 amide bonds. The zero-order chi connectivity index (χ0) is 18.2. The monoisotopic (exact) mass is 334 g/mol. The number of benzene rings is 1. The maximum Gasteiger partial charge on any atom is 0.239 e. The summed E-state index contributed by atoms with van der Waals surface area (Å²) in [6.07, 6.45) is -0.0342. The summed E-state index contributed by atoms with van der Waals surface area (Å²) in [6, 6.07) is 7.91. The second-order valence-corrected chi connectivity index (χ2v) is 6.80. The average molecular weight is 334 g/mol. The number of amides is 1. The van der Waals surface area contributed by atoms with Gasteiger partial charge in [0, 0.05) is 12.6 Å². The summed E-state index contributed by atoms with van der Waals surface area (Å²) in [4.78, 5) is 15.9. The van der Waals surface area contributed by atoms with Gasteiger partial charge in [-0.3, -0.25) is 9.79 Å². The molecule has 1 atom stereocenters. The third-order valence-corrected chi connectivity index (χ3v) is 3.13. The van der Waals surface area contributed by atoms with Crippen LogP contribution in [0.2, 0.25) is 0 Å². The molecule has 1 rings (SSSR count). The molecule has 0 aliphatic carbocycles. The van der Waals surface area contributed by atoms with Gasteiger partial charge in [-0.2, -0.15) is 0 Å². The molecule has 3 N–H and O–H groups in total. The lowest BCUT2D eigenvalue weighted by Crippen LogP contribution is -2.49. The van der Waals surface area contributed by atoms with E-state index in [0.29, 0.717) is 12.5 Å². The van der Waals surface area contributed by atoms with E-state index in [4.69, 9.17) is 4.74 Å². The Morgan fingerprint density at radius 3 is 2.50 bits per heavy atom. The molecule has 6 heteroatoms. The topological polar surface area (TPSA) is 74.8 Å². The number of carbonyl (C=O) groups is 1. The Hall–Kier alpha value is -2.24. The minimum Gasteiger partial charge on any atom is -0.489 e. The fourth-order valence-corrected chi connectivity index (χ4v) is 2.03. The molecule has 6 nitrogen and oxygen atoms in total. The first-order valence-corrected chi connectivity index (χ1v) is 8.19. The lowest BCUT2D eigenvalue weighted by molar-refractivity contribution is -0.121. The van der Waals surface area contributed by atoms with E-state index in [0.717, 1.165) is 11.3 Å². The number of nitrogens with zero attached hydrogens (tertiary/aromatic N) is 1. The fourth-order valence-electron chi connectivity index (χ4n) is 2.03. The van der Waals surface area contributed by atoms with Crippen LogP contribution in [-0.2, 0) is 4.79 Å². The van der Waals surface area contributed by atoms with Crippen LogP contribution < -0.4 is 20.7 Å². The number of aryl methyl sites for hydroxylation is 1. The van der Waals surface area contributed by atoms with Crippen LogP contribution in [0.1, 0.15) is 33.3 Å². The van der Waals surface area contributed by atoms with Crippen molar-refractivity contribution < 1.29 is 9.53 Å². The molecule has 1 unspecified atom stereocenters. The molecule has 0 aliphatic rings. The van der Waals surface area contributed by atoms with Gasteiger partial charge in [-0.15, -0.1) is 0 Å². The zero-order valence-corrected chi connectivity index (χ0v) is 15.6. The van der Waals surface area contributed by atoms with Crippen LogP contribution in [-0.4, -0.2) is 43.6 Å². The molecule has 0 saturated heterocycles. The fraction of sp³-hybridized carbons (Fsp3) is 0.556. The minimum atomic E-state index is -0.244. The van der Waals surface area contributed by atoms with Crippen LogP contribution in [0.4, 0.5) is 0 Å². The molecule has 0 bridgehead atoms. The van der Waals surface area contributed by atoms with Crippen molar-refractivity contribution in [2.75, 3.05) is 20.1 Å². The zero-order valence-electron chi connectivity index (χ0n) is 15.6. The summed E-state index contributed by atoms with van der Waals surface area (Å²) >= 11 is 0. The van der Waals surface area contributed by atoms with Crippen LogP contribution in [0.25, 0.3) is 0 Å². The highest BCUT2D eigenvalue weighted by molar-refractivity contribution is 5.86. The highest BCUT2D eigenvalue weighted by Crippen LogP contribution is 2.17. The molecule has 0 aliphatic heterocycles. The third-order valence-electron chi connectivity index (χ3n) is 3.13. The van der Waals surface area contributed by atoms with Crippen molar-refractivity contribution in [2.24, 2.45) is 4.99 Å². The van der Waals surface area contributed by atoms with E-state index >= 15 is 0 Å². The van der Waals surface area contributed by atoms with E-state index in [2.05, 4.69) is 20.9 Å². The molecule has 0 heterocycles. The van der Waals surface area contributed by atoms with Crippen LogP contribution in [0.5, 0.6) is 5.75 Å². The van der Waals surface area contributed by atoms with Crippen molar-refractivity contribution in [1.82, 2.24) is 16.0 Å². The van der Waals surface area contributed by atoms with Gasteiger partial charge < -0.3 is 20.7 Å². The van der Waals surface area contributed by atoms with Crippen LogP contribution >= 0.6 is 0 Å². The average Bonchev–Trinajstić information content (AvgIpc) is 2.48. The van der Waals surface area contributed by atoms with Crippen molar-refractivity contribution in [2.45, 2.75) is 46.3 Å². The number of para-hydroxylation sites is 1. The Kier molecular flexibility index (Phi) is 7.55. The number of nitrogens with one attached hydrogen (secondary N) is 3. The Morgan fingerprint density at radius 2 is 1.92 bits per heavy atom. The summed E-state index contributed by atoms with van der Waals surface area (Å²) in [5, 5.41) is 9.05. The van der Waals surface area contributed by atoms with Gasteiger partial charge in [-0.05, 0) is 46.2 Å². The van der Waals surface area contributed by atoms with Crippen LogP contribution in [0.15, 0.2) is 29.3 Å². The number of hydrogen-bond donors (Lipinski definition) is 3. The SMILES string of the molecule is CN=C(NCC(=O)NC(C)(C)C)NCC(C)Oc1ccccc1C. The van der Waals surface area contributed by atoms with Gasteiger partial charge in [-0.1, -0.05) is 18.2 Å². The molecule has 134 valence electrons. The van der Waals surface area contributed by atoms with Gasteiger partial charge in [0.15, 0.2) is 5.96 Å². The maximum atomic E-state index is 11.8. The van der Waals surface area contributed by atoms with Crippen molar-refractivity contribution in [3.8, 4) is 5.75 Å². The second kappa shape index (κ2) is 9.15. The summed E-state index contributed by atoms with van der Waals surface area (Å²) in [6.45, 7) is 10.6. The molecule has 1 aromatic carbocycles. The van der Waals surface area contributed by atoms with Gasteiger partial charge in [0.2, 0.25) is 5.91 Å².